The van der Waals surface area contributed by atoms with Crippen LogP contribution in [0.5, 0.6) is 0 Å². The van der Waals surface area contributed by atoms with Crippen molar-refractivity contribution < 1.29 is 60.3 Å². The van der Waals surface area contributed by atoms with Gasteiger partial charge in [0.25, 0.3) is 0 Å². The number of esters is 2. The lowest BCUT2D eigenvalue weighted by Gasteiger charge is -2.30. The van der Waals surface area contributed by atoms with Crippen molar-refractivity contribution in [2.24, 2.45) is 0 Å². The summed E-state index contributed by atoms with van der Waals surface area (Å²) < 4.78 is 66.4. The molecule has 0 aromatic carbocycles. The number of unbranched alkanes of at least 4 members (excludes halogenated alkanes) is 13. The number of aldehydes is 1. The second-order valence-corrected chi connectivity index (χ2v) is 16.3. The molecule has 57 heavy (non-hydrogen) atoms. The van der Waals surface area contributed by atoms with Crippen molar-refractivity contribution in [1.82, 2.24) is 9.79 Å². The molecule has 1 amide bonds. The predicted molar refractivity (Wildman–Crippen MR) is 215 cm³/mol. The van der Waals surface area contributed by atoms with Gasteiger partial charge in [-0.05, 0) is 44.0 Å². The van der Waals surface area contributed by atoms with Gasteiger partial charge in [0, 0.05) is 62.6 Å². The molecule has 1 aromatic rings. The van der Waals surface area contributed by atoms with Crippen molar-refractivity contribution in [2.45, 2.75) is 149 Å². The summed E-state index contributed by atoms with van der Waals surface area (Å²) in [5.74, 6) is -1.67. The number of fused-ring (bicyclic) bond motifs is 2. The summed E-state index contributed by atoms with van der Waals surface area (Å²) in [5.41, 5.74) is 2.31. The van der Waals surface area contributed by atoms with Gasteiger partial charge < -0.3 is 42.1 Å². The summed E-state index contributed by atoms with van der Waals surface area (Å²) in [5, 5.41) is 2.53. The summed E-state index contributed by atoms with van der Waals surface area (Å²) in [6.45, 7) is -0.143. The minimum atomic E-state index is -4.70. The number of halogens is 2. The number of rotatable bonds is 31. The predicted octanol–water partition coefficient (Wildman–Crippen LogP) is 8.04. The van der Waals surface area contributed by atoms with Gasteiger partial charge in [0.15, 0.2) is 11.8 Å². The van der Waals surface area contributed by atoms with Crippen molar-refractivity contribution in [3.8, 4) is 0 Å². The summed E-state index contributed by atoms with van der Waals surface area (Å²) in [6.07, 6.45) is 20.0. The first-order valence-electron chi connectivity index (χ1n) is 20.7. The lowest BCUT2D eigenvalue weighted by molar-refractivity contribution is -0.362. The number of carbonyl (C=O) groups excluding carboxylic acids is 4. The molecule has 0 spiro atoms. The van der Waals surface area contributed by atoms with Crippen LogP contribution in [0.3, 0.4) is 0 Å². The number of ether oxygens (including phenoxy) is 2. The highest BCUT2D eigenvalue weighted by Gasteiger charge is 2.52. The van der Waals surface area contributed by atoms with Crippen LogP contribution in [-0.2, 0) is 42.3 Å². The maximum atomic E-state index is 15.6. The lowest BCUT2D eigenvalue weighted by Crippen LogP contribution is -2.50. The largest absolute Gasteiger partial charge is 0.737 e. The van der Waals surface area contributed by atoms with Gasteiger partial charge in [-0.1, -0.05) is 84.0 Å². The van der Waals surface area contributed by atoms with E-state index in [1.165, 1.54) is 57.8 Å². The molecule has 1 aromatic heterocycles. The second kappa shape index (κ2) is 25.1. The second-order valence-electron chi connectivity index (χ2n) is 14.9. The van der Waals surface area contributed by atoms with Crippen LogP contribution in [0.1, 0.15) is 146 Å². The molecule has 2 unspecified atom stereocenters. The normalized spacial score (nSPS) is 15.7. The molecule has 3 rings (SSSR count). The Kier molecular flexibility index (Phi) is 21.1. The van der Waals surface area contributed by atoms with Gasteiger partial charge >= 0.3 is 26.7 Å². The van der Waals surface area contributed by atoms with Gasteiger partial charge in [-0.15, -0.1) is 0 Å². The minimum absolute atomic E-state index is 0.0351. The van der Waals surface area contributed by atoms with Crippen molar-refractivity contribution >= 4 is 50.7 Å². The zero-order chi connectivity index (χ0) is 41.7. The number of carbonyl (C=O) groups is 4. The van der Waals surface area contributed by atoms with Crippen LogP contribution in [0, 0.1) is 13.8 Å². The van der Waals surface area contributed by atoms with Crippen LogP contribution in [0.25, 0.3) is 6.08 Å². The summed E-state index contributed by atoms with van der Waals surface area (Å²) in [4.78, 5) is 58.1. The average molecular weight is 826 g/mol. The van der Waals surface area contributed by atoms with Crippen LogP contribution in [-0.4, -0.2) is 83.1 Å². The summed E-state index contributed by atoms with van der Waals surface area (Å²) in [7, 11) is -4.70. The highest BCUT2D eigenvalue weighted by Crippen LogP contribution is 2.43. The fourth-order valence-corrected chi connectivity index (χ4v) is 7.78. The van der Waals surface area contributed by atoms with Gasteiger partial charge in [0.2, 0.25) is 5.91 Å². The minimum Gasteiger partial charge on any atom is -0.462 e. The van der Waals surface area contributed by atoms with Gasteiger partial charge in [-0.3, -0.25) is 23.4 Å². The van der Waals surface area contributed by atoms with E-state index in [9.17, 15) is 28.6 Å². The monoisotopic (exact) mass is 825 g/mol. The number of phosphoric acid groups is 1. The van der Waals surface area contributed by atoms with Crippen LogP contribution in [0.2, 0.25) is 0 Å². The van der Waals surface area contributed by atoms with E-state index in [-0.39, 0.29) is 45.1 Å². The van der Waals surface area contributed by atoms with E-state index in [0.717, 1.165) is 33.8 Å². The van der Waals surface area contributed by atoms with Crippen LogP contribution in [0.4, 0.5) is 8.63 Å². The quantitative estimate of drug-likeness (QED) is 0.0246. The summed E-state index contributed by atoms with van der Waals surface area (Å²) >= 11 is 0. The van der Waals surface area contributed by atoms with E-state index in [2.05, 4.69) is 12.2 Å². The molecule has 2 aliphatic heterocycles. The Hall–Kier alpha value is -3.46. The van der Waals surface area contributed by atoms with Crippen molar-refractivity contribution in [1.29, 1.82) is 0 Å². The van der Waals surface area contributed by atoms with Crippen molar-refractivity contribution in [3.63, 3.8) is 0 Å². The summed E-state index contributed by atoms with van der Waals surface area (Å²) in [6, 6.07) is 1.71. The topological polar surface area (TPSA) is 162 Å². The van der Waals surface area contributed by atoms with Crippen LogP contribution in [0.15, 0.2) is 23.9 Å². The molecule has 0 bridgehead atoms. The van der Waals surface area contributed by atoms with Crippen molar-refractivity contribution in [3.05, 3.63) is 40.9 Å². The van der Waals surface area contributed by atoms with Crippen molar-refractivity contribution in [2.75, 3.05) is 26.4 Å². The van der Waals surface area contributed by atoms with E-state index >= 15 is 8.63 Å². The number of amides is 1. The number of hydrogen-bond donors (Lipinski definition) is 2. The zero-order valence-corrected chi connectivity index (χ0v) is 34.9. The number of allylic oxidation sites excluding steroid dienone is 2. The first-order valence-corrected chi connectivity index (χ1v) is 22.2. The Labute approximate surface area is 336 Å². The molecular formula is C40H63BF2N3O10P. The fourth-order valence-electron chi connectivity index (χ4n) is 7.03. The number of aromatic nitrogens is 1. The van der Waals surface area contributed by atoms with Gasteiger partial charge in [-0.25, -0.2) is 4.57 Å². The first-order chi connectivity index (χ1) is 27.3. The zero-order valence-electron chi connectivity index (χ0n) is 34.0. The Morgan fingerprint density at radius 3 is 2.18 bits per heavy atom. The molecule has 13 nitrogen and oxygen atoms in total. The third-order valence-corrected chi connectivity index (χ3v) is 11.0. The molecule has 3 heterocycles. The Morgan fingerprint density at radius 2 is 1.53 bits per heavy atom. The molecule has 0 saturated heterocycles. The van der Waals surface area contributed by atoms with E-state index in [4.69, 9.17) is 18.5 Å². The lowest BCUT2D eigenvalue weighted by atomic mass is 9.90. The number of hydrogen-bond acceptors (Lipinski definition) is 9. The maximum absolute atomic E-state index is 15.6. The SMILES string of the molecule is CCCCCCCCCCCCCCCC(=O)OCC(COP(=O)(O)OCCNC(=O)CCC1=[N+]2C(=Cc3c(C)cc(C)n3[B-]2(F)F)C=C1)OC(=O)CCCC=O. The van der Waals surface area contributed by atoms with E-state index in [0.29, 0.717) is 35.5 Å². The third-order valence-electron chi connectivity index (χ3n) is 10.0. The third kappa shape index (κ3) is 16.7. The molecule has 2 N–H and O–H groups in total. The van der Waals surface area contributed by atoms with E-state index in [1.54, 1.807) is 38.1 Å². The number of aryl methyl sites for hydroxylation is 2. The number of nitrogens with zero attached hydrogens (tertiary/aromatic N) is 2. The van der Waals surface area contributed by atoms with E-state index in [1.807, 2.05) is 0 Å². The average Bonchev–Trinajstić information content (AvgIpc) is 3.72. The molecule has 2 aliphatic rings. The Bertz CT molecular complexity index is 1630. The highest BCUT2D eigenvalue weighted by atomic mass is 31.2. The molecule has 0 saturated carbocycles. The molecule has 0 radical (unpaired) electrons. The van der Waals surface area contributed by atoms with E-state index < -0.39 is 58.6 Å². The molecule has 0 aliphatic carbocycles. The maximum Gasteiger partial charge on any atom is 0.737 e. The Balaban J connectivity index is 1.35. The van der Waals surface area contributed by atoms with Crippen LogP contribution < -0.4 is 5.32 Å². The molecule has 17 heteroatoms. The molecule has 2 atom stereocenters. The van der Waals surface area contributed by atoms with Gasteiger partial charge in [-0.2, -0.15) is 0 Å². The first kappa shape index (κ1) is 47.9. The van der Waals surface area contributed by atoms with Gasteiger partial charge in [0.05, 0.1) is 13.2 Å². The molecule has 0 fully saturated rings. The smallest absolute Gasteiger partial charge is 0.462 e. The van der Waals surface area contributed by atoms with Gasteiger partial charge in [0.1, 0.15) is 18.6 Å². The fraction of sp³-hybridized carbons (Fsp3) is 0.675. The van der Waals surface area contributed by atoms with Crippen LogP contribution >= 0.6 is 7.82 Å². The Morgan fingerprint density at radius 1 is 0.895 bits per heavy atom. The highest BCUT2D eigenvalue weighted by molar-refractivity contribution is 7.47. The standard InChI is InChI=1S/C40H63BF2N3O10P/c1-4-5-6-7-8-9-10-11-12-13-14-15-16-19-39(49)53-30-36(56-40(50)20-17-18-26-47)31-55-57(51,52)54-27-25-44-38(48)24-23-34-21-22-35-29-37-32(2)28-33(3)45(37)41(42,43)46(34)35/h21-22,26,28-29,36H,4-20,23-25,27,30-31H2,1-3H3,(H,44,48)(H,51,52). The number of nitrogens with one attached hydrogen (secondary N) is 1. The molecular weight excluding hydrogens is 762 g/mol. The number of phosphoric ester groups is 1. The molecule has 320 valence electrons.